The van der Waals surface area contributed by atoms with Crippen LogP contribution in [0.1, 0.15) is 24.7 Å². The van der Waals surface area contributed by atoms with E-state index in [1.807, 2.05) is 13.0 Å². The first-order chi connectivity index (χ1) is 7.22. The number of hydrogen-bond acceptors (Lipinski definition) is 4. The van der Waals surface area contributed by atoms with Crippen molar-refractivity contribution in [2.75, 3.05) is 7.11 Å². The zero-order valence-corrected chi connectivity index (χ0v) is 8.82. The highest BCUT2D eigenvalue weighted by molar-refractivity contribution is 5.58. The molecule has 1 aromatic rings. The molecule has 1 N–H and O–H groups in total. The van der Waals surface area contributed by atoms with Crippen molar-refractivity contribution in [3.63, 3.8) is 0 Å². The van der Waals surface area contributed by atoms with E-state index >= 15 is 0 Å². The third kappa shape index (κ3) is 2.70. The van der Waals surface area contributed by atoms with Gasteiger partial charge in [0.15, 0.2) is 0 Å². The maximum atomic E-state index is 11.1. The van der Waals surface area contributed by atoms with E-state index in [1.165, 1.54) is 13.2 Å². The molecule has 4 heteroatoms. The molecule has 0 radical (unpaired) electrons. The van der Waals surface area contributed by atoms with E-state index in [2.05, 4.69) is 0 Å². The summed E-state index contributed by atoms with van der Waals surface area (Å²) in [6.45, 7) is 1.66. The van der Waals surface area contributed by atoms with E-state index in [0.29, 0.717) is 11.3 Å². The predicted molar refractivity (Wildman–Crippen MR) is 56.8 cm³/mol. The standard InChI is InChI=1S/C11H14O4/c1-3-4-5-8-9(14-2)6-11(13)15-10(8)7-12/h4-6,12H,3,7H2,1-2H3/b5-4+. The van der Waals surface area contributed by atoms with Gasteiger partial charge in [0.1, 0.15) is 18.1 Å². The van der Waals surface area contributed by atoms with Crippen LogP contribution in [0.15, 0.2) is 21.4 Å². The summed E-state index contributed by atoms with van der Waals surface area (Å²) in [6, 6.07) is 1.26. The Morgan fingerprint density at radius 3 is 2.87 bits per heavy atom. The van der Waals surface area contributed by atoms with Crippen LogP contribution in [0.25, 0.3) is 6.08 Å². The van der Waals surface area contributed by atoms with Crippen LogP contribution in [0, 0.1) is 0 Å². The average molecular weight is 210 g/mol. The first-order valence-corrected chi connectivity index (χ1v) is 4.71. The zero-order chi connectivity index (χ0) is 11.3. The van der Waals surface area contributed by atoms with E-state index in [0.717, 1.165) is 6.42 Å². The minimum absolute atomic E-state index is 0.226. The van der Waals surface area contributed by atoms with Crippen LogP contribution in [0.2, 0.25) is 0 Å². The van der Waals surface area contributed by atoms with Gasteiger partial charge < -0.3 is 14.3 Å². The maximum Gasteiger partial charge on any atom is 0.339 e. The van der Waals surface area contributed by atoms with Crippen molar-refractivity contribution in [1.82, 2.24) is 0 Å². The van der Waals surface area contributed by atoms with Crippen LogP contribution < -0.4 is 10.4 Å². The van der Waals surface area contributed by atoms with Gasteiger partial charge >= 0.3 is 5.63 Å². The molecule has 82 valence electrons. The molecule has 0 aliphatic heterocycles. The molecule has 0 fully saturated rings. The fourth-order valence-corrected chi connectivity index (χ4v) is 1.23. The topological polar surface area (TPSA) is 59.7 Å². The van der Waals surface area contributed by atoms with Crippen molar-refractivity contribution in [2.45, 2.75) is 20.0 Å². The quantitative estimate of drug-likeness (QED) is 0.819. The van der Waals surface area contributed by atoms with Crippen molar-refractivity contribution in [2.24, 2.45) is 0 Å². The molecule has 1 aromatic heterocycles. The van der Waals surface area contributed by atoms with Crippen molar-refractivity contribution >= 4 is 6.08 Å². The molecular formula is C11H14O4. The lowest BCUT2D eigenvalue weighted by Gasteiger charge is -2.06. The maximum absolute atomic E-state index is 11.1. The van der Waals surface area contributed by atoms with Crippen LogP contribution in [0.3, 0.4) is 0 Å². The van der Waals surface area contributed by atoms with Crippen LogP contribution in [0.5, 0.6) is 5.75 Å². The molecule has 0 atom stereocenters. The number of methoxy groups -OCH3 is 1. The molecule has 0 unspecified atom stereocenters. The second-order valence-corrected chi connectivity index (χ2v) is 2.94. The molecule has 1 rings (SSSR count). The fraction of sp³-hybridized carbons (Fsp3) is 0.364. The Morgan fingerprint density at radius 1 is 1.60 bits per heavy atom. The second kappa shape index (κ2) is 5.36. The highest BCUT2D eigenvalue weighted by atomic mass is 16.5. The smallest absolute Gasteiger partial charge is 0.339 e. The van der Waals surface area contributed by atoms with Crippen LogP contribution in [-0.2, 0) is 6.61 Å². The molecule has 0 aromatic carbocycles. The van der Waals surface area contributed by atoms with Crippen LogP contribution in [0.4, 0.5) is 0 Å². The molecule has 0 aliphatic carbocycles. The SMILES string of the molecule is CC/C=C/c1c(OC)cc(=O)oc1CO. The van der Waals surface area contributed by atoms with Gasteiger partial charge in [0.05, 0.1) is 18.7 Å². The zero-order valence-electron chi connectivity index (χ0n) is 8.82. The average Bonchev–Trinajstić information content (AvgIpc) is 2.26. The monoisotopic (exact) mass is 210 g/mol. The number of hydrogen-bond donors (Lipinski definition) is 1. The first-order valence-electron chi connectivity index (χ1n) is 4.71. The molecule has 0 saturated carbocycles. The summed E-state index contributed by atoms with van der Waals surface area (Å²) >= 11 is 0. The number of ether oxygens (including phenoxy) is 1. The Morgan fingerprint density at radius 2 is 2.33 bits per heavy atom. The summed E-state index contributed by atoms with van der Waals surface area (Å²) < 4.78 is 9.90. The van der Waals surface area contributed by atoms with E-state index in [9.17, 15) is 4.79 Å². The summed E-state index contributed by atoms with van der Waals surface area (Å²) in [6.07, 6.45) is 4.53. The van der Waals surface area contributed by atoms with Gasteiger partial charge in [-0.25, -0.2) is 4.79 Å². The lowest BCUT2D eigenvalue weighted by Crippen LogP contribution is -2.04. The summed E-state index contributed by atoms with van der Waals surface area (Å²) in [4.78, 5) is 11.1. The summed E-state index contributed by atoms with van der Waals surface area (Å²) in [5.41, 5.74) is 0.0889. The van der Waals surface area contributed by atoms with E-state index in [-0.39, 0.29) is 12.4 Å². The molecule has 0 bridgehead atoms. The summed E-state index contributed by atoms with van der Waals surface area (Å²) in [5.74, 6) is 0.643. The van der Waals surface area contributed by atoms with Gasteiger partial charge in [-0.2, -0.15) is 0 Å². The van der Waals surface area contributed by atoms with Gasteiger partial charge in [0.25, 0.3) is 0 Å². The lowest BCUT2D eigenvalue weighted by molar-refractivity contribution is 0.237. The number of rotatable bonds is 4. The number of aliphatic hydroxyl groups excluding tert-OH is 1. The largest absolute Gasteiger partial charge is 0.496 e. The fourth-order valence-electron chi connectivity index (χ4n) is 1.23. The van der Waals surface area contributed by atoms with Crippen molar-refractivity contribution in [3.05, 3.63) is 33.9 Å². The third-order valence-corrected chi connectivity index (χ3v) is 1.92. The van der Waals surface area contributed by atoms with Gasteiger partial charge in [-0.1, -0.05) is 19.1 Å². The van der Waals surface area contributed by atoms with Gasteiger partial charge in [0.2, 0.25) is 0 Å². The summed E-state index contributed by atoms with van der Waals surface area (Å²) in [5, 5.41) is 9.04. The second-order valence-electron chi connectivity index (χ2n) is 2.94. The van der Waals surface area contributed by atoms with Crippen LogP contribution >= 0.6 is 0 Å². The Balaban J connectivity index is 3.30. The normalized spacial score (nSPS) is 10.9. The minimum Gasteiger partial charge on any atom is -0.496 e. The Hall–Kier alpha value is -1.55. The van der Waals surface area contributed by atoms with E-state index < -0.39 is 5.63 Å². The Labute approximate surface area is 87.8 Å². The number of aliphatic hydroxyl groups is 1. The molecule has 4 nitrogen and oxygen atoms in total. The van der Waals surface area contributed by atoms with Crippen LogP contribution in [-0.4, -0.2) is 12.2 Å². The predicted octanol–water partition coefficient (Wildman–Crippen LogP) is 1.56. The van der Waals surface area contributed by atoms with E-state index in [4.69, 9.17) is 14.3 Å². The molecule has 1 heterocycles. The van der Waals surface area contributed by atoms with Gasteiger partial charge in [-0.15, -0.1) is 0 Å². The molecule has 15 heavy (non-hydrogen) atoms. The van der Waals surface area contributed by atoms with Gasteiger partial charge in [-0.3, -0.25) is 0 Å². The number of allylic oxidation sites excluding steroid dienone is 1. The van der Waals surface area contributed by atoms with Gasteiger partial charge in [-0.05, 0) is 6.42 Å². The molecule has 0 aliphatic rings. The van der Waals surface area contributed by atoms with E-state index in [1.54, 1.807) is 6.08 Å². The molecule has 0 saturated heterocycles. The van der Waals surface area contributed by atoms with Crippen molar-refractivity contribution in [3.8, 4) is 5.75 Å². The lowest BCUT2D eigenvalue weighted by atomic mass is 10.1. The Bertz CT molecular complexity index is 375. The third-order valence-electron chi connectivity index (χ3n) is 1.92. The minimum atomic E-state index is -0.524. The van der Waals surface area contributed by atoms with Crippen molar-refractivity contribution < 1.29 is 14.3 Å². The highest BCUT2D eigenvalue weighted by Crippen LogP contribution is 2.21. The first kappa shape index (κ1) is 11.5. The summed E-state index contributed by atoms with van der Waals surface area (Å²) in [7, 11) is 1.47. The molecular weight excluding hydrogens is 196 g/mol. The highest BCUT2D eigenvalue weighted by Gasteiger charge is 2.09. The molecule has 0 amide bonds. The van der Waals surface area contributed by atoms with Gasteiger partial charge in [0, 0.05) is 0 Å². The Kier molecular flexibility index (Phi) is 4.12. The van der Waals surface area contributed by atoms with Crippen molar-refractivity contribution in [1.29, 1.82) is 0 Å². The molecule has 0 spiro atoms.